The summed E-state index contributed by atoms with van der Waals surface area (Å²) in [4.78, 5) is 19.4. The first kappa shape index (κ1) is 15.5. The topological polar surface area (TPSA) is 80.0 Å². The van der Waals surface area contributed by atoms with Crippen molar-refractivity contribution in [1.82, 2.24) is 19.9 Å². The Morgan fingerprint density at radius 3 is 2.70 bits per heavy atom. The van der Waals surface area contributed by atoms with Gasteiger partial charge in [-0.1, -0.05) is 0 Å². The number of amides is 1. The third kappa shape index (κ3) is 3.37. The minimum absolute atomic E-state index is 0.150. The summed E-state index contributed by atoms with van der Waals surface area (Å²) in [6, 6.07) is -0.539. The first-order chi connectivity index (χ1) is 11.0. The number of halogens is 2. The molecule has 122 valence electrons. The molecule has 23 heavy (non-hydrogen) atoms. The van der Waals surface area contributed by atoms with Gasteiger partial charge < -0.3 is 15.0 Å². The first-order valence-electron chi connectivity index (χ1n) is 7.28. The fraction of sp³-hybridized carbons (Fsp3) is 0.400. The highest BCUT2D eigenvalue weighted by Gasteiger charge is 2.35. The van der Waals surface area contributed by atoms with Crippen LogP contribution < -0.4 is 5.32 Å². The van der Waals surface area contributed by atoms with Crippen molar-refractivity contribution in [3.05, 3.63) is 48.3 Å². The Balaban J connectivity index is 1.65. The Hall–Kier alpha value is -2.35. The van der Waals surface area contributed by atoms with Crippen molar-refractivity contribution in [3.8, 4) is 0 Å². The molecule has 6 nitrogen and oxygen atoms in total. The van der Waals surface area contributed by atoms with E-state index >= 15 is 0 Å². The van der Waals surface area contributed by atoms with Crippen LogP contribution in [0.15, 0.2) is 31.1 Å². The Bertz CT molecular complexity index is 673. The van der Waals surface area contributed by atoms with Crippen LogP contribution in [-0.4, -0.2) is 37.7 Å². The molecule has 2 aromatic rings. The van der Waals surface area contributed by atoms with Crippen molar-refractivity contribution in [2.24, 2.45) is 5.92 Å². The molecule has 1 unspecified atom stereocenters. The number of carbonyl (C=O) groups excluding carboxylic acids is 1. The van der Waals surface area contributed by atoms with Crippen molar-refractivity contribution in [1.29, 1.82) is 0 Å². The van der Waals surface area contributed by atoms with Crippen molar-refractivity contribution < 1.29 is 18.7 Å². The van der Waals surface area contributed by atoms with E-state index in [0.717, 1.165) is 12.4 Å². The van der Waals surface area contributed by atoms with Gasteiger partial charge in [-0.3, -0.25) is 9.78 Å². The number of hydrogen-bond acceptors (Lipinski definition) is 4. The fourth-order valence-electron chi connectivity index (χ4n) is 2.98. The highest BCUT2D eigenvalue weighted by atomic mass is 19.1. The Morgan fingerprint density at radius 2 is 2.04 bits per heavy atom. The molecule has 0 aliphatic heterocycles. The number of imidazole rings is 1. The minimum atomic E-state index is -1.02. The predicted octanol–water partition coefficient (Wildman–Crippen LogP) is 1.13. The summed E-state index contributed by atoms with van der Waals surface area (Å²) in [6.07, 6.45) is 7.01. The molecule has 1 fully saturated rings. The zero-order valence-corrected chi connectivity index (χ0v) is 12.2. The molecule has 3 rings (SSSR count). The molecule has 2 aromatic heterocycles. The molecule has 8 heteroatoms. The number of aliphatic hydroxyl groups is 1. The predicted molar refractivity (Wildman–Crippen MR) is 76.4 cm³/mol. The SMILES string of the molecule is O=C(N[C@@H]1CC(Cn2ccnc2)C[C@H]1O)c1c(F)cncc1F. The Labute approximate surface area is 131 Å². The molecule has 0 aromatic carbocycles. The molecule has 1 aliphatic carbocycles. The van der Waals surface area contributed by atoms with E-state index in [1.807, 2.05) is 10.8 Å². The summed E-state index contributed by atoms with van der Waals surface area (Å²) in [6.45, 7) is 0.668. The lowest BCUT2D eigenvalue weighted by Gasteiger charge is -2.17. The molecule has 0 spiro atoms. The number of pyridine rings is 1. The molecule has 1 aliphatic rings. The molecule has 1 saturated carbocycles. The van der Waals surface area contributed by atoms with Gasteiger partial charge in [0.25, 0.3) is 5.91 Å². The lowest BCUT2D eigenvalue weighted by Crippen LogP contribution is -2.40. The monoisotopic (exact) mass is 322 g/mol. The van der Waals surface area contributed by atoms with Crippen LogP contribution in [0.4, 0.5) is 8.78 Å². The average Bonchev–Trinajstić information content (AvgIpc) is 3.10. The number of rotatable bonds is 4. The fourth-order valence-corrected chi connectivity index (χ4v) is 2.98. The van der Waals surface area contributed by atoms with Crippen molar-refractivity contribution in [2.45, 2.75) is 31.5 Å². The van der Waals surface area contributed by atoms with E-state index < -0.39 is 35.3 Å². The zero-order chi connectivity index (χ0) is 16.4. The molecular weight excluding hydrogens is 306 g/mol. The standard InChI is InChI=1S/C15H16F2N4O2/c16-10-5-19-6-11(17)14(10)15(23)20-12-3-9(4-13(12)22)7-21-2-1-18-8-21/h1-2,5-6,8-9,12-13,22H,3-4,7H2,(H,20,23)/t9?,12-,13-/m1/s1. The summed E-state index contributed by atoms with van der Waals surface area (Å²) in [5.74, 6) is -2.78. The minimum Gasteiger partial charge on any atom is -0.391 e. The number of nitrogens with zero attached hydrogens (tertiary/aromatic N) is 3. The number of nitrogens with one attached hydrogen (secondary N) is 1. The second-order valence-corrected chi connectivity index (χ2v) is 5.72. The number of hydrogen-bond donors (Lipinski definition) is 2. The van der Waals surface area contributed by atoms with Crippen LogP contribution in [0, 0.1) is 17.6 Å². The molecule has 2 heterocycles. The molecule has 0 saturated heterocycles. The van der Waals surface area contributed by atoms with E-state index in [2.05, 4.69) is 15.3 Å². The van der Waals surface area contributed by atoms with Crippen LogP contribution >= 0.6 is 0 Å². The molecule has 1 amide bonds. The van der Waals surface area contributed by atoms with Crippen molar-refractivity contribution in [3.63, 3.8) is 0 Å². The average molecular weight is 322 g/mol. The van der Waals surface area contributed by atoms with Gasteiger partial charge in [0.2, 0.25) is 0 Å². The lowest BCUT2D eigenvalue weighted by atomic mass is 10.1. The van der Waals surface area contributed by atoms with Crippen molar-refractivity contribution >= 4 is 5.91 Å². The first-order valence-corrected chi connectivity index (χ1v) is 7.28. The van der Waals surface area contributed by atoms with Crippen LogP contribution in [0.5, 0.6) is 0 Å². The highest BCUT2D eigenvalue weighted by molar-refractivity contribution is 5.94. The van der Waals surface area contributed by atoms with E-state index in [1.54, 1.807) is 12.5 Å². The normalized spacial score (nSPS) is 23.9. The summed E-state index contributed by atoms with van der Waals surface area (Å²) >= 11 is 0. The maximum absolute atomic E-state index is 13.6. The van der Waals surface area contributed by atoms with Gasteiger partial charge in [-0.25, -0.2) is 13.8 Å². The quantitative estimate of drug-likeness (QED) is 0.884. The third-order valence-electron chi connectivity index (χ3n) is 4.05. The molecular formula is C15H16F2N4O2. The summed E-state index contributed by atoms with van der Waals surface area (Å²) < 4.78 is 29.0. The highest BCUT2D eigenvalue weighted by Crippen LogP contribution is 2.28. The second-order valence-electron chi connectivity index (χ2n) is 5.72. The van der Waals surface area contributed by atoms with E-state index in [1.165, 1.54) is 0 Å². The van der Waals surface area contributed by atoms with Crippen LogP contribution in [0.25, 0.3) is 0 Å². The van der Waals surface area contributed by atoms with E-state index in [4.69, 9.17) is 0 Å². The number of carbonyl (C=O) groups is 1. The van der Waals surface area contributed by atoms with Gasteiger partial charge >= 0.3 is 0 Å². The van der Waals surface area contributed by atoms with Gasteiger partial charge in [0, 0.05) is 18.9 Å². The molecule has 3 atom stereocenters. The number of aromatic nitrogens is 3. The van der Waals surface area contributed by atoms with Gasteiger partial charge in [0.05, 0.1) is 30.9 Å². The Kier molecular flexibility index (Phi) is 4.33. The van der Waals surface area contributed by atoms with Gasteiger partial charge in [-0.2, -0.15) is 0 Å². The molecule has 2 N–H and O–H groups in total. The van der Waals surface area contributed by atoms with Gasteiger partial charge in [0.15, 0.2) is 11.6 Å². The third-order valence-corrected chi connectivity index (χ3v) is 4.05. The maximum Gasteiger partial charge on any atom is 0.257 e. The number of aliphatic hydroxyl groups excluding tert-OH is 1. The van der Waals surface area contributed by atoms with Gasteiger partial charge in [0.1, 0.15) is 5.56 Å². The second kappa shape index (κ2) is 6.41. The smallest absolute Gasteiger partial charge is 0.257 e. The van der Waals surface area contributed by atoms with Crippen LogP contribution in [-0.2, 0) is 6.54 Å². The van der Waals surface area contributed by atoms with E-state index in [9.17, 15) is 18.7 Å². The van der Waals surface area contributed by atoms with Crippen LogP contribution in [0.1, 0.15) is 23.2 Å². The Morgan fingerprint density at radius 1 is 1.30 bits per heavy atom. The summed E-state index contributed by atoms with van der Waals surface area (Å²) in [5, 5.41) is 12.6. The summed E-state index contributed by atoms with van der Waals surface area (Å²) in [7, 11) is 0. The molecule has 0 bridgehead atoms. The summed E-state index contributed by atoms with van der Waals surface area (Å²) in [5.41, 5.74) is -0.676. The largest absolute Gasteiger partial charge is 0.391 e. The molecule has 0 radical (unpaired) electrons. The van der Waals surface area contributed by atoms with Gasteiger partial charge in [-0.15, -0.1) is 0 Å². The maximum atomic E-state index is 13.6. The lowest BCUT2D eigenvalue weighted by molar-refractivity contribution is 0.0864. The van der Waals surface area contributed by atoms with Crippen molar-refractivity contribution in [2.75, 3.05) is 0 Å². The van der Waals surface area contributed by atoms with E-state index in [0.29, 0.717) is 19.4 Å². The van der Waals surface area contributed by atoms with Crippen LogP contribution in [0.3, 0.4) is 0 Å². The van der Waals surface area contributed by atoms with Gasteiger partial charge in [-0.05, 0) is 18.8 Å². The zero-order valence-electron chi connectivity index (χ0n) is 12.2. The van der Waals surface area contributed by atoms with E-state index in [-0.39, 0.29) is 5.92 Å². The van der Waals surface area contributed by atoms with Crippen LogP contribution in [0.2, 0.25) is 0 Å².